The second kappa shape index (κ2) is 6.26. The number of amides is 1. The lowest BCUT2D eigenvalue weighted by Gasteiger charge is -2.34. The second-order valence-corrected chi connectivity index (χ2v) is 5.41. The van der Waals surface area contributed by atoms with Crippen molar-refractivity contribution in [3.63, 3.8) is 0 Å². The molecule has 1 amide bonds. The molecule has 22 heavy (non-hydrogen) atoms. The molecular formula is C16H16Cl2N2O2. The summed E-state index contributed by atoms with van der Waals surface area (Å²) >= 11 is 5.91. The third-order valence-electron chi connectivity index (χ3n) is 3.77. The van der Waals surface area contributed by atoms with Crippen LogP contribution in [0.15, 0.2) is 48.5 Å². The summed E-state index contributed by atoms with van der Waals surface area (Å²) in [7, 11) is 0. The molecule has 1 aliphatic rings. The summed E-state index contributed by atoms with van der Waals surface area (Å²) in [5.41, 5.74) is 5.77. The number of hydrogen-bond donors (Lipinski definition) is 2. The fourth-order valence-corrected chi connectivity index (χ4v) is 2.92. The quantitative estimate of drug-likeness (QED) is 0.902. The van der Waals surface area contributed by atoms with E-state index in [2.05, 4.69) is 0 Å². The first-order chi connectivity index (χ1) is 10.1. The number of nitrogens with zero attached hydrogens (tertiary/aromatic N) is 1. The Kier molecular flexibility index (Phi) is 4.78. The lowest BCUT2D eigenvalue weighted by molar-refractivity contribution is -0.0484. The van der Waals surface area contributed by atoms with E-state index in [1.54, 1.807) is 48.5 Å². The van der Waals surface area contributed by atoms with Gasteiger partial charge in [0.15, 0.2) is 5.72 Å². The Labute approximate surface area is 139 Å². The molecule has 3 N–H and O–H groups in total. The normalized spacial score (nSPS) is 19.8. The molecule has 3 rings (SSSR count). The van der Waals surface area contributed by atoms with Crippen molar-refractivity contribution in [2.75, 3.05) is 13.1 Å². The molecule has 1 atom stereocenters. The van der Waals surface area contributed by atoms with Gasteiger partial charge in [-0.25, -0.2) is 0 Å². The Hall–Kier alpha value is -1.59. The van der Waals surface area contributed by atoms with E-state index in [0.29, 0.717) is 21.7 Å². The highest BCUT2D eigenvalue weighted by Crippen LogP contribution is 2.41. The Balaban J connectivity index is 0.00000176. The number of benzene rings is 2. The van der Waals surface area contributed by atoms with Gasteiger partial charge in [-0.1, -0.05) is 41.9 Å². The molecule has 1 unspecified atom stereocenters. The van der Waals surface area contributed by atoms with E-state index in [9.17, 15) is 9.90 Å². The minimum Gasteiger partial charge on any atom is -0.363 e. The van der Waals surface area contributed by atoms with Crippen LogP contribution in [0.5, 0.6) is 0 Å². The zero-order valence-electron chi connectivity index (χ0n) is 11.7. The van der Waals surface area contributed by atoms with Crippen LogP contribution < -0.4 is 5.73 Å². The first-order valence-electron chi connectivity index (χ1n) is 6.69. The van der Waals surface area contributed by atoms with Crippen molar-refractivity contribution in [2.24, 2.45) is 5.73 Å². The number of carbonyl (C=O) groups excluding carboxylic acids is 1. The van der Waals surface area contributed by atoms with Crippen LogP contribution in [-0.4, -0.2) is 29.0 Å². The van der Waals surface area contributed by atoms with Crippen LogP contribution in [0.3, 0.4) is 0 Å². The van der Waals surface area contributed by atoms with Gasteiger partial charge in [-0.2, -0.15) is 0 Å². The van der Waals surface area contributed by atoms with Crippen LogP contribution in [0.2, 0.25) is 5.02 Å². The van der Waals surface area contributed by atoms with E-state index in [1.165, 1.54) is 4.90 Å². The molecule has 116 valence electrons. The van der Waals surface area contributed by atoms with Gasteiger partial charge in [0.05, 0.1) is 0 Å². The molecule has 0 aromatic heterocycles. The summed E-state index contributed by atoms with van der Waals surface area (Å²) in [6, 6.07) is 13.9. The SMILES string of the molecule is Cl.NCCN1C(=O)c2ccccc2C1(O)c1ccc(Cl)cc1. The Bertz CT molecular complexity index is 691. The largest absolute Gasteiger partial charge is 0.363 e. The van der Waals surface area contributed by atoms with Crippen molar-refractivity contribution in [3.8, 4) is 0 Å². The number of nitrogens with two attached hydrogens (primary N) is 1. The van der Waals surface area contributed by atoms with Gasteiger partial charge in [-0.3, -0.25) is 4.79 Å². The third kappa shape index (κ3) is 2.38. The molecule has 6 heteroatoms. The highest BCUT2D eigenvalue weighted by molar-refractivity contribution is 6.30. The van der Waals surface area contributed by atoms with Gasteiger partial charge in [0.2, 0.25) is 0 Å². The smallest absolute Gasteiger partial charge is 0.257 e. The minimum absolute atomic E-state index is 0. The van der Waals surface area contributed by atoms with Crippen molar-refractivity contribution in [2.45, 2.75) is 5.72 Å². The van der Waals surface area contributed by atoms with Gasteiger partial charge >= 0.3 is 0 Å². The molecule has 0 saturated carbocycles. The molecule has 0 saturated heterocycles. The zero-order valence-corrected chi connectivity index (χ0v) is 13.3. The van der Waals surface area contributed by atoms with Gasteiger partial charge < -0.3 is 15.7 Å². The monoisotopic (exact) mass is 338 g/mol. The third-order valence-corrected chi connectivity index (χ3v) is 4.02. The predicted octanol–water partition coefficient (Wildman–Crippen LogP) is 2.37. The highest BCUT2D eigenvalue weighted by atomic mass is 35.5. The van der Waals surface area contributed by atoms with Crippen molar-refractivity contribution >= 4 is 29.9 Å². The minimum atomic E-state index is -1.50. The number of halogens is 2. The average molecular weight is 339 g/mol. The van der Waals surface area contributed by atoms with Gasteiger partial charge in [0.25, 0.3) is 5.91 Å². The summed E-state index contributed by atoms with van der Waals surface area (Å²) < 4.78 is 0. The first-order valence-corrected chi connectivity index (χ1v) is 7.07. The van der Waals surface area contributed by atoms with Crippen molar-refractivity contribution in [1.29, 1.82) is 0 Å². The fraction of sp³-hybridized carbons (Fsp3) is 0.188. The predicted molar refractivity (Wildman–Crippen MR) is 88.2 cm³/mol. The van der Waals surface area contributed by atoms with E-state index < -0.39 is 5.72 Å². The standard InChI is InChI=1S/C16H15ClN2O2.ClH/c17-12-7-5-11(6-8-12)16(21)14-4-2-1-3-13(14)15(20)19(16)10-9-18;/h1-8,21H,9-10,18H2;1H. The average Bonchev–Trinajstić information content (AvgIpc) is 2.72. The molecule has 1 aliphatic heterocycles. The van der Waals surface area contributed by atoms with E-state index in [0.717, 1.165) is 0 Å². The van der Waals surface area contributed by atoms with Crippen LogP contribution in [0.25, 0.3) is 0 Å². The van der Waals surface area contributed by atoms with Crippen molar-refractivity contribution in [3.05, 3.63) is 70.2 Å². The maximum atomic E-state index is 12.5. The van der Waals surface area contributed by atoms with Gasteiger partial charge in [-0.05, 0) is 18.2 Å². The van der Waals surface area contributed by atoms with Crippen molar-refractivity contribution in [1.82, 2.24) is 4.90 Å². The number of aliphatic hydroxyl groups is 1. The highest BCUT2D eigenvalue weighted by Gasteiger charge is 2.49. The summed E-state index contributed by atoms with van der Waals surface area (Å²) in [4.78, 5) is 13.9. The fourth-order valence-electron chi connectivity index (χ4n) is 2.80. The lowest BCUT2D eigenvalue weighted by atomic mass is 9.94. The number of hydrogen-bond acceptors (Lipinski definition) is 3. The van der Waals surface area contributed by atoms with E-state index in [-0.39, 0.29) is 31.4 Å². The van der Waals surface area contributed by atoms with Crippen LogP contribution in [0.1, 0.15) is 21.5 Å². The van der Waals surface area contributed by atoms with Crippen molar-refractivity contribution < 1.29 is 9.90 Å². The van der Waals surface area contributed by atoms with Crippen LogP contribution in [0.4, 0.5) is 0 Å². The topological polar surface area (TPSA) is 66.6 Å². The summed E-state index contributed by atoms with van der Waals surface area (Å²) in [6.07, 6.45) is 0. The molecular weight excluding hydrogens is 323 g/mol. The van der Waals surface area contributed by atoms with Gasteiger partial charge in [0, 0.05) is 34.8 Å². The molecule has 4 nitrogen and oxygen atoms in total. The van der Waals surface area contributed by atoms with E-state index >= 15 is 0 Å². The first kappa shape index (κ1) is 16.8. The van der Waals surface area contributed by atoms with Gasteiger partial charge in [0.1, 0.15) is 0 Å². The van der Waals surface area contributed by atoms with Crippen LogP contribution >= 0.6 is 24.0 Å². The molecule has 0 fully saturated rings. The number of rotatable bonds is 3. The molecule has 1 heterocycles. The summed E-state index contributed by atoms with van der Waals surface area (Å²) in [5, 5.41) is 11.8. The maximum absolute atomic E-state index is 12.5. The van der Waals surface area contributed by atoms with E-state index in [1.807, 2.05) is 0 Å². The second-order valence-electron chi connectivity index (χ2n) is 4.97. The molecule has 2 aromatic carbocycles. The summed E-state index contributed by atoms with van der Waals surface area (Å²) in [5.74, 6) is -0.214. The van der Waals surface area contributed by atoms with Gasteiger partial charge in [-0.15, -0.1) is 12.4 Å². The Morgan fingerprint density at radius 1 is 1.14 bits per heavy atom. The Morgan fingerprint density at radius 3 is 2.41 bits per heavy atom. The van der Waals surface area contributed by atoms with Crippen LogP contribution in [-0.2, 0) is 5.72 Å². The van der Waals surface area contributed by atoms with E-state index in [4.69, 9.17) is 17.3 Å². The lowest BCUT2D eigenvalue weighted by Crippen LogP contribution is -2.46. The number of fused-ring (bicyclic) bond motifs is 1. The van der Waals surface area contributed by atoms with Crippen LogP contribution in [0, 0.1) is 0 Å². The molecule has 0 aliphatic carbocycles. The number of carbonyl (C=O) groups is 1. The summed E-state index contributed by atoms with van der Waals surface area (Å²) in [6.45, 7) is 0.544. The maximum Gasteiger partial charge on any atom is 0.257 e. The molecule has 0 bridgehead atoms. The Morgan fingerprint density at radius 2 is 1.77 bits per heavy atom. The zero-order chi connectivity index (χ0) is 15.0. The molecule has 0 radical (unpaired) electrons. The molecule has 2 aromatic rings. The molecule has 0 spiro atoms.